The van der Waals surface area contributed by atoms with Crippen molar-refractivity contribution in [2.45, 2.75) is 19.9 Å². The molecular weight excluding hydrogens is 360 g/mol. The molecule has 27 heavy (non-hydrogen) atoms. The second-order valence-electron chi connectivity index (χ2n) is 6.14. The Morgan fingerprint density at radius 3 is 2.74 bits per heavy atom. The number of hydrogen-bond acceptors (Lipinski definition) is 5. The van der Waals surface area contributed by atoms with Crippen molar-refractivity contribution in [3.63, 3.8) is 0 Å². The lowest BCUT2D eigenvalue weighted by Crippen LogP contribution is -2.42. The van der Waals surface area contributed by atoms with Gasteiger partial charge in [0, 0.05) is 36.4 Å². The first-order valence-corrected chi connectivity index (χ1v) is 10.4. The zero-order chi connectivity index (χ0) is 18.9. The van der Waals surface area contributed by atoms with Crippen LogP contribution in [0.2, 0.25) is 0 Å². The summed E-state index contributed by atoms with van der Waals surface area (Å²) in [4.78, 5) is 11.1. The number of pyridine rings is 1. The fourth-order valence-electron chi connectivity index (χ4n) is 2.66. The summed E-state index contributed by atoms with van der Waals surface area (Å²) in [7, 11) is 0. The molecule has 7 heteroatoms. The van der Waals surface area contributed by atoms with E-state index in [0.29, 0.717) is 36.5 Å². The van der Waals surface area contributed by atoms with Gasteiger partial charge in [0.15, 0.2) is 17.5 Å². The van der Waals surface area contributed by atoms with Crippen LogP contribution in [0.4, 0.5) is 0 Å². The summed E-state index contributed by atoms with van der Waals surface area (Å²) in [6.45, 7) is 5.03. The van der Waals surface area contributed by atoms with Crippen LogP contribution in [0.25, 0.3) is 0 Å². The summed E-state index contributed by atoms with van der Waals surface area (Å²) in [6, 6.07) is 11.5. The predicted molar refractivity (Wildman–Crippen MR) is 111 cm³/mol. The predicted octanol–water partition coefficient (Wildman–Crippen LogP) is 3.53. The van der Waals surface area contributed by atoms with Gasteiger partial charge in [-0.25, -0.2) is 9.98 Å². The van der Waals surface area contributed by atoms with E-state index in [2.05, 4.69) is 21.8 Å². The molecule has 1 aromatic heterocycles. The third kappa shape index (κ3) is 5.53. The Hall–Kier alpha value is -2.41. The van der Waals surface area contributed by atoms with E-state index in [9.17, 15) is 0 Å². The molecule has 0 saturated carbocycles. The Labute approximate surface area is 164 Å². The second-order valence-corrected chi connectivity index (χ2v) is 7.36. The van der Waals surface area contributed by atoms with Crippen molar-refractivity contribution in [2.24, 2.45) is 10.7 Å². The SMILES string of the molecule is CCCOc1ccccc1Oc1ncccc1CN=C(N)N1CCSCC1. The maximum atomic E-state index is 6.16. The van der Waals surface area contributed by atoms with Crippen molar-refractivity contribution < 1.29 is 9.47 Å². The number of aromatic nitrogens is 1. The Morgan fingerprint density at radius 2 is 1.96 bits per heavy atom. The molecule has 144 valence electrons. The molecule has 1 aliphatic rings. The van der Waals surface area contributed by atoms with Crippen molar-refractivity contribution in [3.05, 3.63) is 48.2 Å². The summed E-state index contributed by atoms with van der Waals surface area (Å²) in [5, 5.41) is 0. The van der Waals surface area contributed by atoms with Gasteiger partial charge < -0.3 is 20.1 Å². The highest BCUT2D eigenvalue weighted by atomic mass is 32.2. The first kappa shape index (κ1) is 19.4. The van der Waals surface area contributed by atoms with Crippen LogP contribution in [0.15, 0.2) is 47.6 Å². The van der Waals surface area contributed by atoms with Gasteiger partial charge in [0.25, 0.3) is 0 Å². The third-order valence-electron chi connectivity index (χ3n) is 4.11. The molecule has 3 rings (SSSR count). The summed E-state index contributed by atoms with van der Waals surface area (Å²) in [5.74, 6) is 4.64. The Balaban J connectivity index is 1.73. The fourth-order valence-corrected chi connectivity index (χ4v) is 3.57. The number of benzene rings is 1. The lowest BCUT2D eigenvalue weighted by Gasteiger charge is -2.27. The van der Waals surface area contributed by atoms with E-state index >= 15 is 0 Å². The van der Waals surface area contributed by atoms with Gasteiger partial charge in [0.2, 0.25) is 5.88 Å². The first-order valence-electron chi connectivity index (χ1n) is 9.24. The minimum Gasteiger partial charge on any atom is -0.490 e. The molecule has 0 aliphatic carbocycles. The lowest BCUT2D eigenvalue weighted by molar-refractivity contribution is 0.300. The molecule has 0 bridgehead atoms. The van der Waals surface area contributed by atoms with E-state index in [4.69, 9.17) is 15.2 Å². The van der Waals surface area contributed by atoms with Gasteiger partial charge in [0.1, 0.15) is 0 Å². The van der Waals surface area contributed by atoms with Crippen molar-refractivity contribution in [1.82, 2.24) is 9.88 Å². The molecule has 1 aromatic carbocycles. The molecule has 1 aliphatic heterocycles. The molecule has 2 aromatic rings. The Kier molecular flexibility index (Phi) is 7.21. The monoisotopic (exact) mass is 386 g/mol. The molecule has 2 N–H and O–H groups in total. The van der Waals surface area contributed by atoms with Crippen molar-refractivity contribution >= 4 is 17.7 Å². The summed E-state index contributed by atoms with van der Waals surface area (Å²) in [5.41, 5.74) is 7.05. The van der Waals surface area contributed by atoms with Gasteiger partial charge in [-0.3, -0.25) is 0 Å². The highest BCUT2D eigenvalue weighted by molar-refractivity contribution is 7.99. The highest BCUT2D eigenvalue weighted by Gasteiger charge is 2.13. The van der Waals surface area contributed by atoms with Crippen LogP contribution in [-0.4, -0.2) is 47.0 Å². The number of guanidine groups is 1. The molecule has 0 spiro atoms. The smallest absolute Gasteiger partial charge is 0.224 e. The van der Waals surface area contributed by atoms with Crippen LogP contribution in [-0.2, 0) is 6.54 Å². The van der Waals surface area contributed by atoms with Crippen LogP contribution >= 0.6 is 11.8 Å². The van der Waals surface area contributed by atoms with E-state index in [1.54, 1.807) is 6.20 Å². The zero-order valence-corrected chi connectivity index (χ0v) is 16.5. The average molecular weight is 387 g/mol. The third-order valence-corrected chi connectivity index (χ3v) is 5.06. The van der Waals surface area contributed by atoms with E-state index in [1.807, 2.05) is 48.2 Å². The minimum atomic E-state index is 0.427. The molecule has 0 unspecified atom stereocenters. The summed E-state index contributed by atoms with van der Waals surface area (Å²) >= 11 is 1.95. The lowest BCUT2D eigenvalue weighted by atomic mass is 10.2. The molecule has 1 saturated heterocycles. The van der Waals surface area contributed by atoms with Crippen LogP contribution < -0.4 is 15.2 Å². The number of rotatable bonds is 7. The normalized spacial score (nSPS) is 14.9. The van der Waals surface area contributed by atoms with Crippen molar-refractivity contribution in [2.75, 3.05) is 31.2 Å². The fraction of sp³-hybridized carbons (Fsp3) is 0.400. The largest absolute Gasteiger partial charge is 0.490 e. The van der Waals surface area contributed by atoms with Gasteiger partial charge in [-0.2, -0.15) is 11.8 Å². The first-order chi connectivity index (χ1) is 13.3. The molecule has 0 amide bonds. The number of ether oxygens (including phenoxy) is 2. The Bertz CT molecular complexity index is 763. The maximum absolute atomic E-state index is 6.16. The second kappa shape index (κ2) is 10.1. The summed E-state index contributed by atoms with van der Waals surface area (Å²) < 4.78 is 11.8. The molecule has 0 radical (unpaired) electrons. The van der Waals surface area contributed by atoms with Gasteiger partial charge >= 0.3 is 0 Å². The van der Waals surface area contributed by atoms with Crippen LogP contribution in [0.3, 0.4) is 0 Å². The zero-order valence-electron chi connectivity index (χ0n) is 15.6. The van der Waals surface area contributed by atoms with Crippen LogP contribution in [0.1, 0.15) is 18.9 Å². The van der Waals surface area contributed by atoms with E-state index in [0.717, 1.165) is 36.6 Å². The number of nitrogens with zero attached hydrogens (tertiary/aromatic N) is 3. The topological polar surface area (TPSA) is 73.0 Å². The molecule has 1 fully saturated rings. The Morgan fingerprint density at radius 1 is 1.19 bits per heavy atom. The average Bonchev–Trinajstić information content (AvgIpc) is 2.73. The number of hydrogen-bond donors (Lipinski definition) is 1. The molecule has 6 nitrogen and oxygen atoms in total. The minimum absolute atomic E-state index is 0.427. The van der Waals surface area contributed by atoms with E-state index in [1.165, 1.54) is 0 Å². The van der Waals surface area contributed by atoms with Crippen molar-refractivity contribution in [3.8, 4) is 17.4 Å². The standard InChI is InChI=1S/C20H26N4O2S/c1-2-12-25-17-7-3-4-8-18(17)26-19-16(6-5-9-22-19)15-23-20(21)24-10-13-27-14-11-24/h3-9H,2,10-15H2,1H3,(H2,21,23). The van der Waals surface area contributed by atoms with E-state index in [-0.39, 0.29) is 0 Å². The van der Waals surface area contributed by atoms with Crippen LogP contribution in [0.5, 0.6) is 17.4 Å². The quantitative estimate of drug-likeness (QED) is 0.580. The molecule has 0 atom stereocenters. The maximum Gasteiger partial charge on any atom is 0.224 e. The number of thioether (sulfide) groups is 1. The van der Waals surface area contributed by atoms with Crippen LogP contribution in [0, 0.1) is 0 Å². The number of nitrogens with two attached hydrogens (primary N) is 1. The summed E-state index contributed by atoms with van der Waals surface area (Å²) in [6.07, 6.45) is 2.65. The van der Waals surface area contributed by atoms with Crippen molar-refractivity contribution in [1.29, 1.82) is 0 Å². The van der Waals surface area contributed by atoms with Gasteiger partial charge in [0.05, 0.1) is 13.2 Å². The van der Waals surface area contributed by atoms with Gasteiger partial charge in [-0.05, 0) is 24.6 Å². The highest BCUT2D eigenvalue weighted by Crippen LogP contribution is 2.32. The van der Waals surface area contributed by atoms with Gasteiger partial charge in [-0.15, -0.1) is 0 Å². The van der Waals surface area contributed by atoms with E-state index < -0.39 is 0 Å². The van der Waals surface area contributed by atoms with Gasteiger partial charge in [-0.1, -0.05) is 25.1 Å². The molecule has 2 heterocycles. The molecular formula is C20H26N4O2S. The number of aliphatic imine (C=N–C) groups is 1. The number of para-hydroxylation sites is 2.